The Hall–Kier alpha value is -2.95. The molecule has 0 spiro atoms. The Balaban J connectivity index is 1.34. The Morgan fingerprint density at radius 2 is 1.93 bits per heavy atom. The molecule has 138 valence electrons. The third-order valence-electron chi connectivity index (χ3n) is 5.19. The van der Waals surface area contributed by atoms with Crippen molar-refractivity contribution in [2.75, 3.05) is 11.9 Å². The van der Waals surface area contributed by atoms with E-state index in [4.69, 9.17) is 0 Å². The molecule has 1 aliphatic carbocycles. The molecule has 0 saturated heterocycles. The Labute approximate surface area is 158 Å². The van der Waals surface area contributed by atoms with Crippen molar-refractivity contribution in [1.29, 1.82) is 0 Å². The summed E-state index contributed by atoms with van der Waals surface area (Å²) < 4.78 is 0. The van der Waals surface area contributed by atoms with Crippen LogP contribution in [0.1, 0.15) is 30.2 Å². The molecule has 0 unspecified atom stereocenters. The number of hydrogen-bond donors (Lipinski definition) is 2. The molecule has 0 radical (unpaired) electrons. The molecule has 0 bridgehead atoms. The number of rotatable bonds is 6. The number of nitrogens with one attached hydrogen (secondary N) is 2. The molecular weight excluding hydrogens is 336 g/mol. The van der Waals surface area contributed by atoms with E-state index in [0.29, 0.717) is 11.7 Å². The Kier molecular flexibility index (Phi) is 5.01. The van der Waals surface area contributed by atoms with E-state index in [9.17, 15) is 4.79 Å². The summed E-state index contributed by atoms with van der Waals surface area (Å²) in [6.45, 7) is 2.89. The first kappa shape index (κ1) is 17.5. The van der Waals surface area contributed by atoms with Gasteiger partial charge in [-0.15, -0.1) is 0 Å². The molecule has 2 N–H and O–H groups in total. The highest BCUT2D eigenvalue weighted by Crippen LogP contribution is 2.28. The Morgan fingerprint density at radius 1 is 1.15 bits per heavy atom. The van der Waals surface area contributed by atoms with Gasteiger partial charge in [0.1, 0.15) is 11.6 Å². The quantitative estimate of drug-likeness (QED) is 0.704. The highest BCUT2D eigenvalue weighted by Gasteiger charge is 2.20. The van der Waals surface area contributed by atoms with Gasteiger partial charge in [-0.2, -0.15) is 0 Å². The molecular formula is C22H24N4O. The lowest BCUT2D eigenvalue weighted by atomic mass is 10.0. The van der Waals surface area contributed by atoms with Crippen LogP contribution in [-0.4, -0.2) is 21.5 Å². The number of benzene rings is 1. The van der Waals surface area contributed by atoms with Crippen LogP contribution < -0.4 is 10.9 Å². The van der Waals surface area contributed by atoms with Gasteiger partial charge in [-0.3, -0.25) is 4.79 Å². The number of pyridine rings is 1. The number of aromatic amines is 1. The molecule has 27 heavy (non-hydrogen) atoms. The van der Waals surface area contributed by atoms with Gasteiger partial charge in [0.25, 0.3) is 5.56 Å². The highest BCUT2D eigenvalue weighted by atomic mass is 16.1. The average Bonchev–Trinajstić information content (AvgIpc) is 3.11. The zero-order valence-corrected chi connectivity index (χ0v) is 15.5. The smallest absolute Gasteiger partial charge is 0.251 e. The van der Waals surface area contributed by atoms with E-state index in [2.05, 4.69) is 44.5 Å². The van der Waals surface area contributed by atoms with Crippen LogP contribution in [0.3, 0.4) is 0 Å². The zero-order chi connectivity index (χ0) is 18.6. The lowest BCUT2D eigenvalue weighted by Gasteiger charge is -2.11. The van der Waals surface area contributed by atoms with E-state index < -0.39 is 0 Å². The maximum absolute atomic E-state index is 11.7. The lowest BCUT2D eigenvalue weighted by molar-refractivity contribution is 0.529. The fourth-order valence-corrected chi connectivity index (χ4v) is 3.72. The standard InChI is InChI=1S/C22H24N4O/c1-2-19-13-21(27)26-22(25-19)18-7-8-20(24-14-18)23-10-9-15-11-16-5-3-4-6-17(16)12-15/h3-8,13-15H,2,9-12H2,1H3,(H,23,24)(H,25,26,27). The number of fused-ring (bicyclic) bond motifs is 1. The number of anilines is 1. The molecule has 4 rings (SSSR count). The van der Waals surface area contributed by atoms with Crippen molar-refractivity contribution in [2.45, 2.75) is 32.6 Å². The van der Waals surface area contributed by atoms with Crippen molar-refractivity contribution >= 4 is 5.82 Å². The minimum Gasteiger partial charge on any atom is -0.370 e. The van der Waals surface area contributed by atoms with Crippen molar-refractivity contribution in [2.24, 2.45) is 5.92 Å². The van der Waals surface area contributed by atoms with Crippen LogP contribution in [-0.2, 0) is 19.3 Å². The zero-order valence-electron chi connectivity index (χ0n) is 15.5. The summed E-state index contributed by atoms with van der Waals surface area (Å²) in [4.78, 5) is 23.5. The fraction of sp³-hybridized carbons (Fsp3) is 0.318. The van der Waals surface area contributed by atoms with E-state index in [1.165, 1.54) is 30.0 Å². The van der Waals surface area contributed by atoms with Gasteiger partial charge in [-0.25, -0.2) is 9.97 Å². The third kappa shape index (κ3) is 4.08. The lowest BCUT2D eigenvalue weighted by Crippen LogP contribution is -2.11. The molecule has 0 amide bonds. The summed E-state index contributed by atoms with van der Waals surface area (Å²) in [5, 5.41) is 3.41. The normalized spacial score (nSPS) is 13.5. The van der Waals surface area contributed by atoms with Crippen molar-refractivity contribution in [3.05, 3.63) is 75.8 Å². The van der Waals surface area contributed by atoms with E-state index >= 15 is 0 Å². The van der Waals surface area contributed by atoms with Crippen molar-refractivity contribution in [3.63, 3.8) is 0 Å². The monoisotopic (exact) mass is 360 g/mol. The molecule has 2 heterocycles. The largest absolute Gasteiger partial charge is 0.370 e. The molecule has 1 aromatic carbocycles. The SMILES string of the molecule is CCc1cc(=O)[nH]c(-c2ccc(NCCC3Cc4ccccc4C3)nc2)n1. The molecule has 5 heteroatoms. The highest BCUT2D eigenvalue weighted by molar-refractivity contribution is 5.55. The molecule has 3 aromatic rings. The van der Waals surface area contributed by atoms with Crippen LogP contribution in [0, 0.1) is 5.92 Å². The van der Waals surface area contributed by atoms with Gasteiger partial charge in [0.15, 0.2) is 0 Å². The third-order valence-corrected chi connectivity index (χ3v) is 5.19. The number of hydrogen-bond acceptors (Lipinski definition) is 4. The second kappa shape index (κ2) is 7.74. The maximum atomic E-state index is 11.7. The van der Waals surface area contributed by atoms with Gasteiger partial charge in [-0.05, 0) is 54.9 Å². The van der Waals surface area contributed by atoms with E-state index in [-0.39, 0.29) is 5.56 Å². The topological polar surface area (TPSA) is 70.7 Å². The van der Waals surface area contributed by atoms with Gasteiger partial charge in [0, 0.05) is 30.1 Å². The number of nitrogens with zero attached hydrogens (tertiary/aromatic N) is 2. The van der Waals surface area contributed by atoms with E-state index in [1.54, 1.807) is 6.20 Å². The van der Waals surface area contributed by atoms with Crippen molar-refractivity contribution in [1.82, 2.24) is 15.0 Å². The van der Waals surface area contributed by atoms with Gasteiger partial charge >= 0.3 is 0 Å². The van der Waals surface area contributed by atoms with Crippen LogP contribution in [0.25, 0.3) is 11.4 Å². The van der Waals surface area contributed by atoms with Crippen LogP contribution in [0.4, 0.5) is 5.82 Å². The van der Waals surface area contributed by atoms with Gasteiger partial charge in [0.2, 0.25) is 0 Å². The van der Waals surface area contributed by atoms with Gasteiger partial charge in [0.05, 0.1) is 0 Å². The van der Waals surface area contributed by atoms with Crippen LogP contribution in [0.5, 0.6) is 0 Å². The first-order valence-electron chi connectivity index (χ1n) is 9.58. The number of aromatic nitrogens is 3. The average molecular weight is 360 g/mol. The Morgan fingerprint density at radius 3 is 2.59 bits per heavy atom. The van der Waals surface area contributed by atoms with Crippen LogP contribution >= 0.6 is 0 Å². The second-order valence-electron chi connectivity index (χ2n) is 7.13. The minimum atomic E-state index is -0.128. The van der Waals surface area contributed by atoms with E-state index in [1.807, 2.05) is 19.1 Å². The molecule has 1 aliphatic rings. The summed E-state index contributed by atoms with van der Waals surface area (Å²) >= 11 is 0. The summed E-state index contributed by atoms with van der Waals surface area (Å²) in [5.41, 5.74) is 4.48. The summed E-state index contributed by atoms with van der Waals surface area (Å²) in [7, 11) is 0. The molecule has 2 aromatic heterocycles. The molecule has 5 nitrogen and oxygen atoms in total. The molecule has 0 saturated carbocycles. The maximum Gasteiger partial charge on any atom is 0.251 e. The minimum absolute atomic E-state index is 0.128. The molecule has 0 aliphatic heterocycles. The fourth-order valence-electron chi connectivity index (χ4n) is 3.72. The summed E-state index contributed by atoms with van der Waals surface area (Å²) in [6.07, 6.45) is 5.97. The molecule has 0 atom stereocenters. The van der Waals surface area contributed by atoms with Gasteiger partial charge < -0.3 is 10.3 Å². The predicted octanol–water partition coefficient (Wildman–Crippen LogP) is 3.61. The van der Waals surface area contributed by atoms with Crippen LogP contribution in [0.15, 0.2) is 53.5 Å². The summed E-state index contributed by atoms with van der Waals surface area (Å²) in [6, 6.07) is 14.2. The Bertz CT molecular complexity index is 953. The second-order valence-corrected chi connectivity index (χ2v) is 7.13. The first-order valence-corrected chi connectivity index (χ1v) is 9.58. The van der Waals surface area contributed by atoms with Gasteiger partial charge in [-0.1, -0.05) is 31.2 Å². The van der Waals surface area contributed by atoms with Crippen LogP contribution in [0.2, 0.25) is 0 Å². The first-order chi connectivity index (χ1) is 13.2. The predicted molar refractivity (Wildman–Crippen MR) is 108 cm³/mol. The number of H-pyrrole nitrogens is 1. The molecule has 0 fully saturated rings. The van der Waals surface area contributed by atoms with E-state index in [0.717, 1.165) is 36.5 Å². The number of aryl methyl sites for hydroxylation is 1. The van der Waals surface area contributed by atoms with Crippen molar-refractivity contribution in [3.8, 4) is 11.4 Å². The van der Waals surface area contributed by atoms with Crippen molar-refractivity contribution < 1.29 is 0 Å². The summed E-state index contributed by atoms with van der Waals surface area (Å²) in [5.74, 6) is 2.13.